The van der Waals surface area contributed by atoms with Gasteiger partial charge in [-0.2, -0.15) is 5.10 Å². The molecule has 2 aromatic rings. The number of benzene rings is 2. The molecule has 2 aromatic carbocycles. The molecule has 0 aromatic heterocycles. The van der Waals surface area contributed by atoms with E-state index in [2.05, 4.69) is 10.5 Å². The number of nitrogens with one attached hydrogen (secondary N) is 1. The number of rotatable bonds is 4. The number of fused-ring (bicyclic) bond motifs is 3. The van der Waals surface area contributed by atoms with Crippen molar-refractivity contribution in [3.8, 4) is 17.2 Å². The van der Waals surface area contributed by atoms with E-state index in [0.29, 0.717) is 23.3 Å². The molecule has 0 radical (unpaired) electrons. The molecule has 1 unspecified atom stereocenters. The minimum atomic E-state index is -0.590. The van der Waals surface area contributed by atoms with E-state index in [1.165, 1.54) is 20.1 Å². The molecule has 32 heavy (non-hydrogen) atoms. The van der Waals surface area contributed by atoms with Crippen LogP contribution < -0.4 is 10.2 Å². The largest absolute Gasteiger partial charge is 0.507 e. The van der Waals surface area contributed by atoms with Crippen LogP contribution >= 0.6 is 0 Å². The molecule has 0 bridgehead atoms. The summed E-state index contributed by atoms with van der Waals surface area (Å²) < 4.78 is 5.24. The quantitative estimate of drug-likeness (QED) is 0.274. The topological polar surface area (TPSA) is 146 Å². The molecule has 1 amide bonds. The molecule has 0 fully saturated rings. The van der Waals surface area contributed by atoms with Crippen molar-refractivity contribution in [2.75, 3.05) is 13.7 Å². The van der Waals surface area contributed by atoms with Gasteiger partial charge in [-0.1, -0.05) is 12.1 Å². The molecule has 2 aliphatic carbocycles. The minimum Gasteiger partial charge on any atom is -0.507 e. The number of aliphatic hydroxyl groups is 1. The fraction of sp³-hybridized carbons (Fsp3) is 0.304. The van der Waals surface area contributed by atoms with Gasteiger partial charge in [0.05, 0.1) is 36.1 Å². The number of carbonyl (C=O) groups is 3. The van der Waals surface area contributed by atoms with Gasteiger partial charge in [0.15, 0.2) is 5.78 Å². The number of phenols is 2. The molecule has 0 saturated carbocycles. The number of hydrogen-bond acceptors (Lipinski definition) is 8. The summed E-state index contributed by atoms with van der Waals surface area (Å²) in [5.74, 6) is -2.37. The van der Waals surface area contributed by atoms with Crippen LogP contribution in [-0.4, -0.2) is 52.2 Å². The highest BCUT2D eigenvalue weighted by molar-refractivity contribution is 6.31. The number of hydrazone groups is 1. The van der Waals surface area contributed by atoms with E-state index in [4.69, 9.17) is 4.74 Å². The second kappa shape index (κ2) is 8.08. The van der Waals surface area contributed by atoms with Gasteiger partial charge in [-0.15, -0.1) is 0 Å². The molecule has 0 heterocycles. The van der Waals surface area contributed by atoms with Gasteiger partial charge in [0.25, 0.3) is 0 Å². The number of amides is 1. The summed E-state index contributed by atoms with van der Waals surface area (Å²) in [5, 5.41) is 35.7. The summed E-state index contributed by atoms with van der Waals surface area (Å²) in [6.45, 7) is 0.892. The van der Waals surface area contributed by atoms with Gasteiger partial charge in [-0.25, -0.2) is 5.43 Å². The van der Waals surface area contributed by atoms with Crippen molar-refractivity contribution in [1.82, 2.24) is 5.43 Å². The number of phenolic OH excluding ortho intramolecular Hbond substituents is 2. The number of aliphatic hydroxyl groups excluding tert-OH is 1. The number of methoxy groups -OCH3 is 1. The first-order chi connectivity index (χ1) is 15.3. The molecule has 2 aliphatic rings. The number of carbonyl (C=O) groups excluding carboxylic acids is 3. The Kier molecular flexibility index (Phi) is 5.43. The third-order valence-electron chi connectivity index (χ3n) is 6.02. The Labute approximate surface area is 183 Å². The van der Waals surface area contributed by atoms with Gasteiger partial charge < -0.3 is 20.1 Å². The van der Waals surface area contributed by atoms with E-state index >= 15 is 0 Å². The van der Waals surface area contributed by atoms with Crippen molar-refractivity contribution >= 4 is 23.2 Å². The number of ether oxygens (including phenoxy) is 1. The van der Waals surface area contributed by atoms with E-state index in [9.17, 15) is 29.7 Å². The van der Waals surface area contributed by atoms with Crippen molar-refractivity contribution in [2.45, 2.75) is 26.2 Å². The zero-order chi connectivity index (χ0) is 23.2. The minimum absolute atomic E-state index is 0.0563. The SMILES string of the molecule is COc1cccc2c1C(=O)c1c(O)c3c(c(O)c1C2=O)CC(/C(CO)=N\NC(C)=O)CC3. The van der Waals surface area contributed by atoms with Crippen LogP contribution in [0.3, 0.4) is 0 Å². The number of ketones is 2. The Balaban J connectivity index is 1.84. The Morgan fingerprint density at radius 1 is 1.12 bits per heavy atom. The van der Waals surface area contributed by atoms with Crippen LogP contribution in [-0.2, 0) is 17.6 Å². The summed E-state index contributed by atoms with van der Waals surface area (Å²) in [5.41, 5.74) is 3.01. The van der Waals surface area contributed by atoms with Crippen LogP contribution in [0.2, 0.25) is 0 Å². The molecule has 4 rings (SSSR count). The lowest BCUT2D eigenvalue weighted by Crippen LogP contribution is -2.30. The molecular weight excluding hydrogens is 416 g/mol. The second-order valence-electron chi connectivity index (χ2n) is 7.81. The lowest BCUT2D eigenvalue weighted by molar-refractivity contribution is -0.118. The van der Waals surface area contributed by atoms with Crippen molar-refractivity contribution in [1.29, 1.82) is 0 Å². The lowest BCUT2D eigenvalue weighted by atomic mass is 9.74. The molecule has 4 N–H and O–H groups in total. The first-order valence-corrected chi connectivity index (χ1v) is 10.1. The Morgan fingerprint density at radius 3 is 2.47 bits per heavy atom. The zero-order valence-corrected chi connectivity index (χ0v) is 17.6. The van der Waals surface area contributed by atoms with E-state index in [0.717, 1.165) is 0 Å². The maximum atomic E-state index is 13.3. The highest BCUT2D eigenvalue weighted by Gasteiger charge is 2.40. The predicted molar refractivity (Wildman–Crippen MR) is 113 cm³/mol. The lowest BCUT2D eigenvalue weighted by Gasteiger charge is -2.30. The third-order valence-corrected chi connectivity index (χ3v) is 6.02. The van der Waals surface area contributed by atoms with Crippen LogP contribution in [0, 0.1) is 5.92 Å². The Bertz CT molecular complexity index is 1200. The molecule has 9 nitrogen and oxygen atoms in total. The van der Waals surface area contributed by atoms with Crippen LogP contribution in [0.25, 0.3) is 0 Å². The maximum Gasteiger partial charge on any atom is 0.236 e. The molecule has 9 heteroatoms. The van der Waals surface area contributed by atoms with Gasteiger partial charge in [0, 0.05) is 29.5 Å². The maximum absolute atomic E-state index is 13.3. The smallest absolute Gasteiger partial charge is 0.236 e. The number of nitrogens with zero attached hydrogens (tertiary/aromatic N) is 1. The predicted octanol–water partition coefficient (Wildman–Crippen LogP) is 1.47. The van der Waals surface area contributed by atoms with Gasteiger partial charge in [-0.05, 0) is 25.3 Å². The highest BCUT2D eigenvalue weighted by atomic mass is 16.5. The molecule has 0 aliphatic heterocycles. The Hall–Kier alpha value is -3.72. The van der Waals surface area contributed by atoms with E-state index in [1.807, 2.05) is 0 Å². The summed E-state index contributed by atoms with van der Waals surface area (Å²) in [7, 11) is 1.38. The Morgan fingerprint density at radius 2 is 1.81 bits per heavy atom. The molecule has 0 saturated heterocycles. The fourth-order valence-electron chi connectivity index (χ4n) is 4.50. The summed E-state index contributed by atoms with van der Waals surface area (Å²) >= 11 is 0. The fourth-order valence-corrected chi connectivity index (χ4v) is 4.50. The van der Waals surface area contributed by atoms with Crippen LogP contribution in [0.5, 0.6) is 17.2 Å². The molecule has 0 spiro atoms. The zero-order valence-electron chi connectivity index (χ0n) is 17.6. The van der Waals surface area contributed by atoms with Gasteiger partial charge in [0.2, 0.25) is 11.7 Å². The van der Waals surface area contributed by atoms with Crippen molar-refractivity contribution in [3.63, 3.8) is 0 Å². The van der Waals surface area contributed by atoms with Gasteiger partial charge in [0.1, 0.15) is 17.2 Å². The van der Waals surface area contributed by atoms with Gasteiger partial charge >= 0.3 is 0 Å². The summed E-state index contributed by atoms with van der Waals surface area (Å²) in [6.07, 6.45) is 0.916. The van der Waals surface area contributed by atoms with Crippen LogP contribution in [0.4, 0.5) is 0 Å². The normalized spacial score (nSPS) is 17.3. The molecule has 166 valence electrons. The summed E-state index contributed by atoms with van der Waals surface area (Å²) in [4.78, 5) is 37.7. The monoisotopic (exact) mass is 438 g/mol. The third kappa shape index (κ3) is 3.21. The standard InChI is InChI=1S/C23H22N2O7/c1-10(27)24-25-15(9-26)11-6-7-12-14(8-11)22(30)18-19(20(12)28)23(31)17-13(21(18)29)4-3-5-16(17)32-2/h3-5,11,26,28,30H,6-9H2,1-2H3,(H,24,27)/b25-15-. The van der Waals surface area contributed by atoms with Crippen LogP contribution in [0.15, 0.2) is 23.3 Å². The number of aromatic hydroxyl groups is 2. The first-order valence-electron chi connectivity index (χ1n) is 10.1. The molecule has 1 atom stereocenters. The average molecular weight is 438 g/mol. The highest BCUT2D eigenvalue weighted by Crippen LogP contribution is 2.47. The van der Waals surface area contributed by atoms with E-state index in [1.54, 1.807) is 12.1 Å². The number of hydrogen-bond donors (Lipinski definition) is 4. The second-order valence-corrected chi connectivity index (χ2v) is 7.81. The molecular formula is C23H22N2O7. The van der Waals surface area contributed by atoms with Gasteiger partial charge in [-0.3, -0.25) is 14.4 Å². The van der Waals surface area contributed by atoms with Crippen molar-refractivity contribution in [3.05, 3.63) is 51.6 Å². The van der Waals surface area contributed by atoms with Crippen LogP contribution in [0.1, 0.15) is 56.3 Å². The van der Waals surface area contributed by atoms with E-state index in [-0.39, 0.29) is 64.2 Å². The first kappa shape index (κ1) is 21.5. The van der Waals surface area contributed by atoms with E-state index < -0.39 is 18.2 Å². The summed E-state index contributed by atoms with van der Waals surface area (Å²) in [6, 6.07) is 4.61. The van der Waals surface area contributed by atoms with Crippen molar-refractivity contribution < 1.29 is 34.4 Å². The average Bonchev–Trinajstić information content (AvgIpc) is 2.79. The van der Waals surface area contributed by atoms with Crippen molar-refractivity contribution in [2.24, 2.45) is 11.0 Å².